The fourth-order valence-electron chi connectivity index (χ4n) is 3.76. The lowest BCUT2D eigenvalue weighted by molar-refractivity contribution is -0.158. The predicted octanol–water partition coefficient (Wildman–Crippen LogP) is 1.13. The maximum atomic E-state index is 12.5. The van der Waals surface area contributed by atoms with Gasteiger partial charge in [-0.05, 0) is 19.3 Å². The first kappa shape index (κ1) is 12.9. The molecule has 2 atom stereocenters. The van der Waals surface area contributed by atoms with Crippen LogP contribution in [0.5, 0.6) is 0 Å². The normalized spacial score (nSPS) is 36.5. The van der Waals surface area contributed by atoms with Gasteiger partial charge in [-0.2, -0.15) is 0 Å². The van der Waals surface area contributed by atoms with Crippen molar-refractivity contribution in [3.63, 3.8) is 0 Å². The number of nitrogens with zero attached hydrogens (tertiary/aromatic N) is 1. The number of hydrogen-bond acceptors (Lipinski definition) is 3. The largest absolute Gasteiger partial charge is 0.481 e. The number of carbonyl (C=O) groups is 2. The third-order valence-corrected chi connectivity index (χ3v) is 5.39. The molecule has 2 saturated heterocycles. The van der Waals surface area contributed by atoms with Gasteiger partial charge in [0.15, 0.2) is 0 Å². The number of ether oxygens (including phenoxy) is 1. The van der Waals surface area contributed by atoms with Gasteiger partial charge in [-0.1, -0.05) is 13.3 Å². The van der Waals surface area contributed by atoms with Gasteiger partial charge in [-0.25, -0.2) is 0 Å². The average Bonchev–Trinajstić information content (AvgIpc) is 2.75. The lowest BCUT2D eigenvalue weighted by Crippen LogP contribution is -2.47. The van der Waals surface area contributed by atoms with E-state index in [4.69, 9.17) is 4.74 Å². The van der Waals surface area contributed by atoms with E-state index in [9.17, 15) is 14.7 Å². The summed E-state index contributed by atoms with van der Waals surface area (Å²) in [4.78, 5) is 26.0. The molecule has 1 amide bonds. The number of aliphatic carboxylic acids is 1. The molecule has 1 N–H and O–H groups in total. The second-order valence-electron chi connectivity index (χ2n) is 6.58. The van der Waals surface area contributed by atoms with Crippen LogP contribution in [0.15, 0.2) is 0 Å². The highest BCUT2D eigenvalue weighted by Gasteiger charge is 2.56. The van der Waals surface area contributed by atoms with E-state index in [1.54, 1.807) is 4.90 Å². The minimum atomic E-state index is -0.770. The van der Waals surface area contributed by atoms with Crippen LogP contribution in [0.1, 0.15) is 32.6 Å². The van der Waals surface area contributed by atoms with E-state index >= 15 is 0 Å². The Labute approximate surface area is 112 Å². The number of rotatable bonds is 2. The molecule has 0 aromatic rings. The highest BCUT2D eigenvalue weighted by Crippen LogP contribution is 2.47. The van der Waals surface area contributed by atoms with Gasteiger partial charge >= 0.3 is 5.97 Å². The molecular formula is C14H21NO4. The molecule has 0 unspecified atom stereocenters. The number of carbonyl (C=O) groups excluding carboxylic acids is 1. The van der Waals surface area contributed by atoms with Gasteiger partial charge < -0.3 is 14.7 Å². The van der Waals surface area contributed by atoms with Crippen LogP contribution < -0.4 is 0 Å². The molecule has 0 spiro atoms. The van der Waals surface area contributed by atoms with E-state index in [1.165, 1.54) is 0 Å². The van der Waals surface area contributed by atoms with Crippen molar-refractivity contribution in [1.82, 2.24) is 4.90 Å². The van der Waals surface area contributed by atoms with Gasteiger partial charge in [0.1, 0.15) is 0 Å². The Morgan fingerprint density at radius 2 is 2.05 bits per heavy atom. The molecule has 5 heteroatoms. The molecule has 19 heavy (non-hydrogen) atoms. The van der Waals surface area contributed by atoms with Crippen LogP contribution in [0.3, 0.4) is 0 Å². The van der Waals surface area contributed by atoms with Crippen molar-refractivity contribution >= 4 is 11.9 Å². The molecule has 2 heterocycles. The fraction of sp³-hybridized carbons (Fsp3) is 0.857. The van der Waals surface area contributed by atoms with Gasteiger partial charge in [-0.15, -0.1) is 0 Å². The van der Waals surface area contributed by atoms with E-state index in [2.05, 4.69) is 0 Å². The number of amides is 1. The zero-order chi connectivity index (χ0) is 13.7. The summed E-state index contributed by atoms with van der Waals surface area (Å²) in [5.41, 5.74) is -1.01. The van der Waals surface area contributed by atoms with Crippen molar-refractivity contribution in [1.29, 1.82) is 0 Å². The molecule has 1 saturated carbocycles. The standard InChI is InChI=1S/C14H21NO4/c1-13(3-2-4-13)11(16)15-7-10-8-19-6-5-14(10,9-15)12(17)18/h10H,2-9H2,1H3,(H,17,18)/t10-,14+/m0/s1. The molecule has 3 rings (SSSR count). The number of carboxylic acids is 1. The molecular weight excluding hydrogens is 246 g/mol. The van der Waals surface area contributed by atoms with Crippen molar-refractivity contribution in [2.75, 3.05) is 26.3 Å². The average molecular weight is 267 g/mol. The molecule has 106 valence electrons. The highest BCUT2D eigenvalue weighted by molar-refractivity contribution is 5.85. The Bertz CT molecular complexity index is 418. The van der Waals surface area contributed by atoms with Crippen molar-refractivity contribution < 1.29 is 19.4 Å². The van der Waals surface area contributed by atoms with Crippen LogP contribution in [0.2, 0.25) is 0 Å². The lowest BCUT2D eigenvalue weighted by Gasteiger charge is -2.40. The molecule has 2 aliphatic heterocycles. The molecule has 0 aromatic heterocycles. The Balaban J connectivity index is 1.80. The summed E-state index contributed by atoms with van der Waals surface area (Å²) in [5.74, 6) is -0.671. The number of carboxylic acid groups (broad SMARTS) is 1. The molecule has 0 aromatic carbocycles. The first-order valence-electron chi connectivity index (χ1n) is 7.08. The molecule has 3 fully saturated rings. The molecule has 0 radical (unpaired) electrons. The van der Waals surface area contributed by atoms with Crippen molar-refractivity contribution in [3.05, 3.63) is 0 Å². The van der Waals surface area contributed by atoms with Gasteiger partial charge in [0.05, 0.1) is 12.0 Å². The maximum absolute atomic E-state index is 12.5. The third kappa shape index (κ3) is 1.78. The van der Waals surface area contributed by atoms with Gasteiger partial charge in [0, 0.05) is 31.0 Å². The minimum Gasteiger partial charge on any atom is -0.481 e. The van der Waals surface area contributed by atoms with E-state index in [0.29, 0.717) is 32.7 Å². The van der Waals surface area contributed by atoms with Crippen molar-refractivity contribution in [3.8, 4) is 0 Å². The zero-order valence-electron chi connectivity index (χ0n) is 11.4. The van der Waals surface area contributed by atoms with E-state index < -0.39 is 11.4 Å². The second kappa shape index (κ2) is 4.20. The summed E-state index contributed by atoms with van der Waals surface area (Å²) in [6.45, 7) is 3.87. The van der Waals surface area contributed by atoms with Gasteiger partial charge in [0.2, 0.25) is 5.91 Å². The molecule has 1 aliphatic carbocycles. The van der Waals surface area contributed by atoms with Crippen LogP contribution >= 0.6 is 0 Å². The number of hydrogen-bond donors (Lipinski definition) is 1. The van der Waals surface area contributed by atoms with Crippen LogP contribution in [0.4, 0.5) is 0 Å². The Kier molecular flexibility index (Phi) is 2.85. The summed E-state index contributed by atoms with van der Waals surface area (Å²) in [7, 11) is 0. The smallest absolute Gasteiger partial charge is 0.311 e. The third-order valence-electron chi connectivity index (χ3n) is 5.39. The van der Waals surface area contributed by atoms with Crippen molar-refractivity contribution in [2.24, 2.45) is 16.7 Å². The Morgan fingerprint density at radius 3 is 2.58 bits per heavy atom. The first-order chi connectivity index (χ1) is 8.98. The van der Waals surface area contributed by atoms with Crippen LogP contribution in [0.25, 0.3) is 0 Å². The summed E-state index contributed by atoms with van der Waals surface area (Å²) in [6, 6.07) is 0. The van der Waals surface area contributed by atoms with Crippen molar-refractivity contribution in [2.45, 2.75) is 32.6 Å². The Morgan fingerprint density at radius 1 is 1.32 bits per heavy atom. The topological polar surface area (TPSA) is 66.8 Å². The van der Waals surface area contributed by atoms with Crippen LogP contribution in [0, 0.1) is 16.7 Å². The zero-order valence-corrected chi connectivity index (χ0v) is 11.4. The van der Waals surface area contributed by atoms with Gasteiger partial charge in [0.25, 0.3) is 0 Å². The number of likely N-dealkylation sites (tertiary alicyclic amines) is 1. The highest BCUT2D eigenvalue weighted by atomic mass is 16.5. The van der Waals surface area contributed by atoms with E-state index in [1.807, 2.05) is 6.92 Å². The van der Waals surface area contributed by atoms with Gasteiger partial charge in [-0.3, -0.25) is 9.59 Å². The number of fused-ring (bicyclic) bond motifs is 1. The lowest BCUT2D eigenvalue weighted by atomic mass is 9.69. The summed E-state index contributed by atoms with van der Waals surface area (Å²) in [6.07, 6.45) is 3.49. The Hall–Kier alpha value is -1.10. The summed E-state index contributed by atoms with van der Waals surface area (Å²) < 4.78 is 5.41. The quantitative estimate of drug-likeness (QED) is 0.814. The second-order valence-corrected chi connectivity index (χ2v) is 6.58. The minimum absolute atomic E-state index is 0.0497. The fourth-order valence-corrected chi connectivity index (χ4v) is 3.76. The summed E-state index contributed by atoms with van der Waals surface area (Å²) >= 11 is 0. The SMILES string of the molecule is CC1(C(=O)N2C[C@H]3COCC[C@@]3(C(=O)O)C2)CCC1. The first-order valence-corrected chi connectivity index (χ1v) is 7.08. The molecule has 5 nitrogen and oxygen atoms in total. The maximum Gasteiger partial charge on any atom is 0.311 e. The monoisotopic (exact) mass is 267 g/mol. The van der Waals surface area contributed by atoms with E-state index in [0.717, 1.165) is 19.3 Å². The summed E-state index contributed by atoms with van der Waals surface area (Å²) in [5, 5.41) is 9.58. The van der Waals surface area contributed by atoms with Crippen LogP contribution in [-0.2, 0) is 14.3 Å². The van der Waals surface area contributed by atoms with E-state index in [-0.39, 0.29) is 17.2 Å². The molecule has 0 bridgehead atoms. The predicted molar refractivity (Wildman–Crippen MR) is 67.5 cm³/mol. The molecule has 3 aliphatic rings. The van der Waals surface area contributed by atoms with Crippen LogP contribution in [-0.4, -0.2) is 48.2 Å².